The molecule has 5 heteroatoms. The molecule has 0 atom stereocenters. The van der Waals surface area contributed by atoms with Crippen LogP contribution >= 0.6 is 0 Å². The predicted octanol–water partition coefficient (Wildman–Crippen LogP) is -1.35. The Hall–Kier alpha value is -1.65. The van der Waals surface area contributed by atoms with E-state index in [1.54, 1.807) is 5.32 Å². The van der Waals surface area contributed by atoms with Crippen LogP contribution in [0.25, 0.3) is 0 Å². The lowest BCUT2D eigenvalue weighted by Crippen LogP contribution is -2.40. The van der Waals surface area contributed by atoms with Crippen molar-refractivity contribution in [3.8, 4) is 0 Å². The van der Waals surface area contributed by atoms with Crippen LogP contribution in [0, 0.1) is 0 Å². The highest BCUT2D eigenvalue weighted by atomic mass is 16.3. The van der Waals surface area contributed by atoms with Crippen molar-refractivity contribution in [3.05, 3.63) is 11.8 Å². The zero-order valence-electron chi connectivity index (χ0n) is 4.75. The molecule has 5 nitrogen and oxygen atoms in total. The molecule has 52 valence electrons. The number of hydrogen-bond acceptors (Lipinski definition) is 4. The highest BCUT2D eigenvalue weighted by Gasteiger charge is 2.24. The number of ketones is 1. The number of amides is 2. The number of carbonyl (C=O) groups excluding carboxylic acids is 3. The molecule has 0 unspecified atom stereocenters. The standard InChI is InChI=1S/C5H3NO4/c7-2-1-3(8)5(10)6-4(2)9/h1,7H,(H,6,9,10). The van der Waals surface area contributed by atoms with E-state index >= 15 is 0 Å². The van der Waals surface area contributed by atoms with Crippen LogP contribution in [0.4, 0.5) is 0 Å². The molecule has 1 heterocycles. The van der Waals surface area contributed by atoms with E-state index in [0.29, 0.717) is 6.08 Å². The summed E-state index contributed by atoms with van der Waals surface area (Å²) in [6.45, 7) is 0. The largest absolute Gasteiger partial charge is 0.503 e. The topological polar surface area (TPSA) is 83.5 Å². The van der Waals surface area contributed by atoms with E-state index in [0.717, 1.165) is 0 Å². The Balaban J connectivity index is 3.01. The first kappa shape index (κ1) is 6.47. The maximum atomic E-state index is 10.3. The van der Waals surface area contributed by atoms with Gasteiger partial charge < -0.3 is 5.11 Å². The second kappa shape index (κ2) is 1.94. The minimum absolute atomic E-state index is 0.584. The quantitative estimate of drug-likeness (QED) is 0.323. The van der Waals surface area contributed by atoms with Gasteiger partial charge >= 0.3 is 0 Å². The number of aliphatic hydroxyl groups is 1. The number of hydrogen-bond donors (Lipinski definition) is 2. The van der Waals surface area contributed by atoms with Crippen molar-refractivity contribution in [2.75, 3.05) is 0 Å². The average molecular weight is 141 g/mol. The van der Waals surface area contributed by atoms with E-state index in [4.69, 9.17) is 5.11 Å². The minimum atomic E-state index is -1.01. The summed E-state index contributed by atoms with van der Waals surface area (Å²) in [4.78, 5) is 31.0. The van der Waals surface area contributed by atoms with Crippen molar-refractivity contribution in [2.45, 2.75) is 0 Å². The Bertz CT molecular complexity index is 252. The van der Waals surface area contributed by atoms with Gasteiger partial charge in [0.05, 0.1) is 0 Å². The van der Waals surface area contributed by atoms with E-state index in [1.165, 1.54) is 0 Å². The van der Waals surface area contributed by atoms with Crippen molar-refractivity contribution in [1.29, 1.82) is 0 Å². The molecule has 0 saturated heterocycles. The molecule has 0 aromatic carbocycles. The number of aliphatic hydroxyl groups excluding tert-OH is 1. The smallest absolute Gasteiger partial charge is 0.298 e. The fourth-order valence-corrected chi connectivity index (χ4v) is 0.484. The van der Waals surface area contributed by atoms with Crippen molar-refractivity contribution in [3.63, 3.8) is 0 Å². The summed E-state index contributed by atoms with van der Waals surface area (Å²) in [6, 6.07) is 0. The third kappa shape index (κ3) is 0.883. The summed E-state index contributed by atoms with van der Waals surface area (Å²) in [6.07, 6.45) is 0.584. The summed E-state index contributed by atoms with van der Waals surface area (Å²) >= 11 is 0. The first-order valence-electron chi connectivity index (χ1n) is 2.41. The molecule has 0 bridgehead atoms. The molecular weight excluding hydrogens is 138 g/mol. The van der Waals surface area contributed by atoms with E-state index in [1.807, 2.05) is 0 Å². The van der Waals surface area contributed by atoms with Gasteiger partial charge in [0, 0.05) is 6.08 Å². The highest BCUT2D eigenvalue weighted by molar-refractivity contribution is 6.46. The lowest BCUT2D eigenvalue weighted by Gasteiger charge is -2.04. The monoisotopic (exact) mass is 141 g/mol. The van der Waals surface area contributed by atoms with Crippen LogP contribution in [0.1, 0.15) is 0 Å². The second-order valence-corrected chi connectivity index (χ2v) is 1.68. The van der Waals surface area contributed by atoms with Crippen LogP contribution in [0.2, 0.25) is 0 Å². The highest BCUT2D eigenvalue weighted by Crippen LogP contribution is 1.95. The van der Waals surface area contributed by atoms with E-state index < -0.39 is 23.4 Å². The lowest BCUT2D eigenvalue weighted by atomic mass is 10.2. The predicted molar refractivity (Wildman–Crippen MR) is 28.9 cm³/mol. The lowest BCUT2D eigenvalue weighted by molar-refractivity contribution is -0.140. The minimum Gasteiger partial charge on any atom is -0.503 e. The molecule has 0 fully saturated rings. The average Bonchev–Trinajstić information content (AvgIpc) is 1.84. The fraction of sp³-hybridized carbons (Fsp3) is 0. The molecule has 0 aromatic rings. The molecular formula is C5H3NO4. The van der Waals surface area contributed by atoms with Crippen molar-refractivity contribution >= 4 is 17.6 Å². The first-order valence-corrected chi connectivity index (χ1v) is 2.41. The first-order chi connectivity index (χ1) is 4.61. The van der Waals surface area contributed by atoms with Gasteiger partial charge in [-0.25, -0.2) is 0 Å². The Morgan fingerprint density at radius 1 is 1.20 bits per heavy atom. The molecule has 2 N–H and O–H groups in total. The zero-order chi connectivity index (χ0) is 7.72. The molecule has 0 spiro atoms. The van der Waals surface area contributed by atoms with Crippen LogP contribution in [0.3, 0.4) is 0 Å². The molecule has 10 heavy (non-hydrogen) atoms. The molecule has 0 radical (unpaired) electrons. The SMILES string of the molecule is O=C1C=C(O)C(=O)NC1=O. The Labute approximate surface area is 55.3 Å². The van der Waals surface area contributed by atoms with Crippen LogP contribution < -0.4 is 5.32 Å². The number of carbonyl (C=O) groups is 3. The summed E-state index contributed by atoms with van der Waals surface area (Å²) in [5.41, 5.74) is 0. The molecule has 0 aromatic heterocycles. The molecule has 0 saturated carbocycles. The van der Waals surface area contributed by atoms with E-state index in [-0.39, 0.29) is 0 Å². The Kier molecular flexibility index (Phi) is 1.26. The van der Waals surface area contributed by atoms with Gasteiger partial charge in [-0.1, -0.05) is 0 Å². The molecule has 1 aliphatic heterocycles. The van der Waals surface area contributed by atoms with Crippen molar-refractivity contribution < 1.29 is 19.5 Å². The maximum absolute atomic E-state index is 10.3. The van der Waals surface area contributed by atoms with Gasteiger partial charge in [0.2, 0.25) is 5.78 Å². The third-order valence-corrected chi connectivity index (χ3v) is 0.951. The summed E-state index contributed by atoms with van der Waals surface area (Å²) in [5, 5.41) is 10.2. The van der Waals surface area contributed by atoms with Crippen LogP contribution in [0.5, 0.6) is 0 Å². The van der Waals surface area contributed by atoms with Gasteiger partial charge in [0.15, 0.2) is 5.76 Å². The van der Waals surface area contributed by atoms with Gasteiger partial charge in [-0.15, -0.1) is 0 Å². The van der Waals surface area contributed by atoms with Gasteiger partial charge in [0.1, 0.15) is 0 Å². The van der Waals surface area contributed by atoms with Gasteiger partial charge in [0.25, 0.3) is 11.8 Å². The van der Waals surface area contributed by atoms with Crippen LogP contribution in [-0.4, -0.2) is 22.7 Å². The number of imide groups is 1. The normalized spacial score (nSPS) is 18.4. The van der Waals surface area contributed by atoms with E-state index in [9.17, 15) is 14.4 Å². The Morgan fingerprint density at radius 2 is 1.80 bits per heavy atom. The molecule has 1 rings (SSSR count). The van der Waals surface area contributed by atoms with Crippen molar-refractivity contribution in [1.82, 2.24) is 5.32 Å². The number of rotatable bonds is 0. The second-order valence-electron chi connectivity index (χ2n) is 1.68. The summed E-state index contributed by atoms with van der Waals surface area (Å²) in [7, 11) is 0. The molecule has 0 aliphatic carbocycles. The van der Waals surface area contributed by atoms with Crippen LogP contribution in [-0.2, 0) is 14.4 Å². The third-order valence-electron chi connectivity index (χ3n) is 0.951. The van der Waals surface area contributed by atoms with Gasteiger partial charge in [-0.3, -0.25) is 19.7 Å². The maximum Gasteiger partial charge on any atom is 0.298 e. The van der Waals surface area contributed by atoms with Crippen LogP contribution in [0.15, 0.2) is 11.8 Å². The summed E-state index contributed by atoms with van der Waals surface area (Å²) in [5.74, 6) is -3.60. The zero-order valence-corrected chi connectivity index (χ0v) is 4.75. The van der Waals surface area contributed by atoms with E-state index in [2.05, 4.69) is 0 Å². The fourth-order valence-electron chi connectivity index (χ4n) is 0.484. The molecule has 2 amide bonds. The Morgan fingerprint density at radius 3 is 2.30 bits per heavy atom. The molecule has 1 aliphatic rings. The van der Waals surface area contributed by atoms with Gasteiger partial charge in [-0.05, 0) is 0 Å². The van der Waals surface area contributed by atoms with Crippen molar-refractivity contribution in [2.24, 2.45) is 0 Å². The number of nitrogens with one attached hydrogen (secondary N) is 1. The van der Waals surface area contributed by atoms with Gasteiger partial charge in [-0.2, -0.15) is 0 Å². The summed E-state index contributed by atoms with van der Waals surface area (Å²) < 4.78 is 0.